The fraction of sp³-hybridized carbons (Fsp3) is 0.211. The number of hydrogen-bond donors (Lipinski definition) is 0. The molecule has 0 aliphatic carbocycles. The van der Waals surface area contributed by atoms with Gasteiger partial charge in [0.25, 0.3) is 0 Å². The summed E-state index contributed by atoms with van der Waals surface area (Å²) in [5.41, 5.74) is 4.75. The molecule has 0 spiro atoms. The first-order valence-electron chi connectivity index (χ1n) is 8.19. The van der Waals surface area contributed by atoms with Crippen LogP contribution in [0.25, 0.3) is 33.3 Å². The van der Waals surface area contributed by atoms with Crippen LogP contribution in [-0.2, 0) is 0 Å². The molecule has 0 aliphatic rings. The van der Waals surface area contributed by atoms with Gasteiger partial charge in [-0.1, -0.05) is 0 Å². The lowest BCUT2D eigenvalue weighted by Gasteiger charge is -2.20. The van der Waals surface area contributed by atoms with E-state index in [1.807, 2.05) is 12.1 Å². The smallest absolute Gasteiger partial charge is 0.137 e. The van der Waals surface area contributed by atoms with E-state index in [1.54, 1.807) is 6.07 Å². The highest BCUT2D eigenvalue weighted by Crippen LogP contribution is 2.34. The highest BCUT2D eigenvalue weighted by molar-refractivity contribution is 7.00. The number of furan rings is 1. The minimum Gasteiger partial charge on any atom is -0.456 e. The van der Waals surface area contributed by atoms with Crippen molar-refractivity contribution in [2.24, 2.45) is 0 Å². The van der Waals surface area contributed by atoms with E-state index in [2.05, 4.69) is 51.8 Å². The first-order valence-corrected chi connectivity index (χ1v) is 8.92. The van der Waals surface area contributed by atoms with Crippen LogP contribution in [0.1, 0.15) is 19.4 Å². The summed E-state index contributed by atoms with van der Waals surface area (Å²) in [5.74, 6) is 0.744. The third-order valence-corrected chi connectivity index (χ3v) is 4.96. The zero-order valence-corrected chi connectivity index (χ0v) is 14.8. The van der Waals surface area contributed by atoms with Gasteiger partial charge in [0.05, 0.1) is 17.3 Å². The molecule has 0 aliphatic heterocycles. The van der Waals surface area contributed by atoms with Crippen molar-refractivity contribution in [2.75, 3.05) is 18.0 Å². The first-order chi connectivity index (χ1) is 12.2. The lowest BCUT2D eigenvalue weighted by molar-refractivity contribution is 0.632. The largest absolute Gasteiger partial charge is 0.456 e. The van der Waals surface area contributed by atoms with Crippen LogP contribution in [0.2, 0.25) is 0 Å². The van der Waals surface area contributed by atoms with Crippen LogP contribution < -0.4 is 4.90 Å². The lowest BCUT2D eigenvalue weighted by atomic mass is 10.1. The summed E-state index contributed by atoms with van der Waals surface area (Å²) < 4.78 is 14.7. The quantitative estimate of drug-likeness (QED) is 0.529. The molecule has 0 saturated heterocycles. The Morgan fingerprint density at radius 3 is 2.64 bits per heavy atom. The summed E-state index contributed by atoms with van der Waals surface area (Å²) in [4.78, 5) is 2.28. The summed E-state index contributed by atoms with van der Waals surface area (Å²) in [6.07, 6.45) is 0. The van der Waals surface area contributed by atoms with Gasteiger partial charge in [-0.15, -0.1) is 0 Å². The van der Waals surface area contributed by atoms with E-state index < -0.39 is 0 Å². The van der Waals surface area contributed by atoms with Crippen LogP contribution >= 0.6 is 11.7 Å². The Kier molecular flexibility index (Phi) is 3.86. The van der Waals surface area contributed by atoms with Crippen molar-refractivity contribution in [1.82, 2.24) is 8.75 Å². The zero-order chi connectivity index (χ0) is 17.4. The Balaban J connectivity index is 1.86. The van der Waals surface area contributed by atoms with E-state index in [1.165, 1.54) is 0 Å². The molecule has 5 nitrogen and oxygen atoms in total. The van der Waals surface area contributed by atoms with Gasteiger partial charge in [-0.3, -0.25) is 0 Å². The van der Waals surface area contributed by atoms with Crippen LogP contribution in [-0.4, -0.2) is 21.8 Å². The lowest BCUT2D eigenvalue weighted by Crippen LogP contribution is -2.21. The van der Waals surface area contributed by atoms with E-state index >= 15 is 0 Å². The number of anilines is 1. The Labute approximate surface area is 149 Å². The van der Waals surface area contributed by atoms with Gasteiger partial charge in [0.1, 0.15) is 28.4 Å². The standard InChI is InChI=1S/C19H16N4OS/c1-3-23(4-2)14-7-5-12-9-17(24-16(12)10-14)15-8-6-13(11-20)18-19(15)22-25-21-18/h5-10H,3-4H2,1-2H3. The maximum absolute atomic E-state index is 9.22. The topological polar surface area (TPSA) is 66.0 Å². The maximum Gasteiger partial charge on any atom is 0.137 e. The molecular weight excluding hydrogens is 332 g/mol. The number of rotatable bonds is 4. The van der Waals surface area contributed by atoms with Gasteiger partial charge in [-0.25, -0.2) is 0 Å². The van der Waals surface area contributed by atoms with Crippen molar-refractivity contribution in [2.45, 2.75) is 13.8 Å². The van der Waals surface area contributed by atoms with E-state index in [-0.39, 0.29) is 0 Å². The maximum atomic E-state index is 9.22. The number of aromatic nitrogens is 2. The summed E-state index contributed by atoms with van der Waals surface area (Å²) in [6.45, 7) is 6.20. The Bertz CT molecular complexity index is 1100. The fourth-order valence-corrected chi connectivity index (χ4v) is 3.67. The van der Waals surface area contributed by atoms with Crippen LogP contribution in [0.4, 0.5) is 5.69 Å². The SMILES string of the molecule is CCN(CC)c1ccc2cc(-c3ccc(C#N)c4nsnc34)oc2c1. The molecule has 4 rings (SSSR count). The molecule has 0 unspecified atom stereocenters. The molecule has 6 heteroatoms. The highest BCUT2D eigenvalue weighted by atomic mass is 32.1. The van der Waals surface area contributed by atoms with Gasteiger partial charge >= 0.3 is 0 Å². The minimum absolute atomic E-state index is 0.535. The molecule has 2 aromatic carbocycles. The van der Waals surface area contributed by atoms with Gasteiger partial charge < -0.3 is 9.32 Å². The highest BCUT2D eigenvalue weighted by Gasteiger charge is 2.15. The van der Waals surface area contributed by atoms with E-state index in [9.17, 15) is 5.26 Å². The number of fused-ring (bicyclic) bond motifs is 2. The molecule has 0 radical (unpaired) electrons. The molecule has 124 valence electrons. The van der Waals surface area contributed by atoms with Crippen molar-refractivity contribution >= 4 is 39.4 Å². The molecule has 2 aromatic heterocycles. The monoisotopic (exact) mass is 348 g/mol. The first kappa shape index (κ1) is 15.6. The second-order valence-corrected chi connectivity index (χ2v) is 6.27. The van der Waals surface area contributed by atoms with Gasteiger partial charge in [-0.05, 0) is 44.2 Å². The summed E-state index contributed by atoms with van der Waals surface area (Å²) >= 11 is 1.11. The Morgan fingerprint density at radius 1 is 1.08 bits per heavy atom. The second-order valence-electron chi connectivity index (χ2n) is 5.74. The number of nitriles is 1. The molecule has 0 bridgehead atoms. The van der Waals surface area contributed by atoms with Crippen molar-refractivity contribution in [3.05, 3.63) is 42.0 Å². The molecular formula is C19H16N4OS. The Morgan fingerprint density at radius 2 is 1.88 bits per heavy atom. The summed E-state index contributed by atoms with van der Waals surface area (Å²) in [5, 5.41) is 10.3. The van der Waals surface area contributed by atoms with Crippen molar-refractivity contribution in [1.29, 1.82) is 5.26 Å². The minimum atomic E-state index is 0.535. The van der Waals surface area contributed by atoms with Gasteiger partial charge in [0, 0.05) is 35.8 Å². The normalized spacial score (nSPS) is 11.1. The third kappa shape index (κ3) is 2.53. The molecule has 25 heavy (non-hydrogen) atoms. The molecule has 2 heterocycles. The molecule has 0 fully saturated rings. The molecule has 4 aromatic rings. The van der Waals surface area contributed by atoms with E-state index in [0.717, 1.165) is 52.8 Å². The van der Waals surface area contributed by atoms with Crippen LogP contribution in [0, 0.1) is 11.3 Å². The van der Waals surface area contributed by atoms with Crippen LogP contribution in [0.15, 0.2) is 40.8 Å². The molecule has 0 saturated carbocycles. The average Bonchev–Trinajstić information content (AvgIpc) is 3.28. The van der Waals surface area contributed by atoms with Crippen LogP contribution in [0.3, 0.4) is 0 Å². The van der Waals surface area contributed by atoms with E-state index in [4.69, 9.17) is 4.42 Å². The number of hydrogen-bond acceptors (Lipinski definition) is 6. The Hall–Kier alpha value is -2.91. The van der Waals surface area contributed by atoms with Crippen LogP contribution in [0.5, 0.6) is 0 Å². The average molecular weight is 348 g/mol. The van der Waals surface area contributed by atoms with Gasteiger partial charge in [0.2, 0.25) is 0 Å². The van der Waals surface area contributed by atoms with Gasteiger partial charge in [0.15, 0.2) is 0 Å². The molecule has 0 atom stereocenters. The fourth-order valence-electron chi connectivity index (χ4n) is 3.09. The molecule has 0 amide bonds. The van der Waals surface area contributed by atoms with Crippen molar-refractivity contribution < 1.29 is 4.42 Å². The predicted octanol–water partition coefficient (Wildman–Crippen LogP) is 4.82. The number of nitrogens with zero attached hydrogens (tertiary/aromatic N) is 4. The third-order valence-electron chi connectivity index (χ3n) is 4.43. The predicted molar refractivity (Wildman–Crippen MR) is 101 cm³/mol. The van der Waals surface area contributed by atoms with E-state index in [0.29, 0.717) is 16.6 Å². The molecule has 0 N–H and O–H groups in total. The van der Waals surface area contributed by atoms with Crippen molar-refractivity contribution in [3.8, 4) is 17.4 Å². The van der Waals surface area contributed by atoms with Gasteiger partial charge in [-0.2, -0.15) is 14.0 Å². The second kappa shape index (κ2) is 6.19. The van der Waals surface area contributed by atoms with Crippen molar-refractivity contribution in [3.63, 3.8) is 0 Å². The summed E-state index contributed by atoms with van der Waals surface area (Å²) in [7, 11) is 0. The number of benzene rings is 2. The summed E-state index contributed by atoms with van der Waals surface area (Å²) in [6, 6.07) is 14.1. The zero-order valence-electron chi connectivity index (χ0n) is 14.0.